The minimum Gasteiger partial charge on any atom is -0.436 e. The molecule has 0 unspecified atom stereocenters. The van der Waals surface area contributed by atoms with Crippen LogP contribution >= 0.6 is 0 Å². The molecular weight excluding hydrogens is 304 g/mol. The molecule has 3 aromatic rings. The van der Waals surface area contributed by atoms with Crippen molar-refractivity contribution in [3.05, 3.63) is 48.0 Å². The molecule has 2 aromatic carbocycles. The number of amides is 1. The molecular formula is C19H18N2O3. The van der Waals surface area contributed by atoms with Crippen LogP contribution in [0.5, 0.6) is 0 Å². The maximum Gasteiger partial charge on any atom is 0.253 e. The topological polar surface area (TPSA) is 64.4 Å². The molecule has 122 valence electrons. The first-order chi connectivity index (χ1) is 11.7. The van der Waals surface area contributed by atoms with E-state index >= 15 is 0 Å². The molecule has 1 aliphatic heterocycles. The summed E-state index contributed by atoms with van der Waals surface area (Å²) in [4.78, 5) is 16.7. The standard InChI is InChI=1S/C19H18N2O3/c1-12-5-2-3-6-14(12)19-21-15-9-8-13(11-17(15)24-19)20-18(22)16-7-4-10-23-16/h2-3,5-6,8-9,11,16H,4,7,10H2,1H3,(H,20,22)/t16-/m1/s1. The highest BCUT2D eigenvalue weighted by atomic mass is 16.5. The van der Waals surface area contributed by atoms with Gasteiger partial charge in [-0.2, -0.15) is 0 Å². The number of aryl methyl sites for hydroxylation is 1. The number of anilines is 1. The van der Waals surface area contributed by atoms with Gasteiger partial charge in [0.25, 0.3) is 5.91 Å². The number of hydrogen-bond donors (Lipinski definition) is 1. The van der Waals surface area contributed by atoms with E-state index in [1.165, 1.54) is 0 Å². The van der Waals surface area contributed by atoms with Crippen LogP contribution in [-0.2, 0) is 9.53 Å². The third-order valence-electron chi connectivity index (χ3n) is 4.25. The third-order valence-corrected chi connectivity index (χ3v) is 4.25. The largest absolute Gasteiger partial charge is 0.436 e. The predicted octanol–water partition coefficient (Wildman–Crippen LogP) is 3.92. The summed E-state index contributed by atoms with van der Waals surface area (Å²) in [5.41, 5.74) is 4.19. The van der Waals surface area contributed by atoms with E-state index in [-0.39, 0.29) is 12.0 Å². The Morgan fingerprint density at radius 3 is 2.92 bits per heavy atom. The zero-order valence-electron chi connectivity index (χ0n) is 13.4. The Morgan fingerprint density at radius 1 is 1.25 bits per heavy atom. The molecule has 0 bridgehead atoms. The van der Waals surface area contributed by atoms with E-state index in [1.807, 2.05) is 43.3 Å². The van der Waals surface area contributed by atoms with Crippen molar-refractivity contribution in [3.8, 4) is 11.5 Å². The van der Waals surface area contributed by atoms with Crippen LogP contribution in [0.25, 0.3) is 22.6 Å². The lowest BCUT2D eigenvalue weighted by Gasteiger charge is -2.09. The number of oxazole rings is 1. The maximum atomic E-state index is 12.1. The molecule has 1 N–H and O–H groups in total. The number of benzene rings is 2. The number of carbonyl (C=O) groups excluding carboxylic acids is 1. The van der Waals surface area contributed by atoms with E-state index in [0.717, 1.165) is 29.5 Å². The van der Waals surface area contributed by atoms with Crippen LogP contribution < -0.4 is 5.32 Å². The molecule has 1 atom stereocenters. The molecule has 2 heterocycles. The van der Waals surface area contributed by atoms with Crippen molar-refractivity contribution in [3.63, 3.8) is 0 Å². The van der Waals surface area contributed by atoms with Crippen molar-refractivity contribution in [2.45, 2.75) is 25.9 Å². The summed E-state index contributed by atoms with van der Waals surface area (Å²) in [6.45, 7) is 2.68. The number of nitrogens with one attached hydrogen (secondary N) is 1. The Bertz CT molecular complexity index is 895. The van der Waals surface area contributed by atoms with Crippen molar-refractivity contribution in [2.75, 3.05) is 11.9 Å². The lowest BCUT2D eigenvalue weighted by atomic mass is 10.1. The summed E-state index contributed by atoms with van der Waals surface area (Å²) in [7, 11) is 0. The van der Waals surface area contributed by atoms with E-state index in [2.05, 4.69) is 10.3 Å². The first kappa shape index (κ1) is 14.9. The summed E-state index contributed by atoms with van der Waals surface area (Å²) in [5, 5.41) is 2.88. The molecule has 0 radical (unpaired) electrons. The molecule has 5 nitrogen and oxygen atoms in total. The van der Waals surface area contributed by atoms with Gasteiger partial charge in [0.2, 0.25) is 5.89 Å². The summed E-state index contributed by atoms with van der Waals surface area (Å²) in [6.07, 6.45) is 1.35. The number of nitrogens with zero attached hydrogens (tertiary/aromatic N) is 1. The number of aromatic nitrogens is 1. The van der Waals surface area contributed by atoms with Crippen LogP contribution in [0, 0.1) is 6.92 Å². The lowest BCUT2D eigenvalue weighted by Crippen LogP contribution is -2.26. The van der Waals surface area contributed by atoms with Crippen molar-refractivity contribution < 1.29 is 13.9 Å². The first-order valence-electron chi connectivity index (χ1n) is 8.10. The van der Waals surface area contributed by atoms with E-state index in [0.29, 0.717) is 23.8 Å². The van der Waals surface area contributed by atoms with Gasteiger partial charge in [-0.15, -0.1) is 0 Å². The normalized spacial score (nSPS) is 17.3. The van der Waals surface area contributed by atoms with Gasteiger partial charge in [-0.1, -0.05) is 18.2 Å². The molecule has 1 aliphatic rings. The minimum atomic E-state index is -0.349. The zero-order chi connectivity index (χ0) is 16.5. The highest BCUT2D eigenvalue weighted by Crippen LogP contribution is 2.28. The summed E-state index contributed by atoms with van der Waals surface area (Å²) >= 11 is 0. The predicted molar refractivity (Wildman–Crippen MR) is 91.8 cm³/mol. The summed E-state index contributed by atoms with van der Waals surface area (Å²) < 4.78 is 11.3. The van der Waals surface area contributed by atoms with E-state index in [4.69, 9.17) is 9.15 Å². The second kappa shape index (κ2) is 6.09. The SMILES string of the molecule is Cc1ccccc1-c1nc2ccc(NC(=O)[C@H]3CCCO3)cc2o1. The fraction of sp³-hybridized carbons (Fsp3) is 0.263. The highest BCUT2D eigenvalue weighted by Gasteiger charge is 2.23. The molecule has 1 aromatic heterocycles. The van der Waals surface area contributed by atoms with Gasteiger partial charge in [-0.25, -0.2) is 4.98 Å². The summed E-state index contributed by atoms with van der Waals surface area (Å²) in [5.74, 6) is 0.483. The minimum absolute atomic E-state index is 0.106. The van der Waals surface area contributed by atoms with Gasteiger partial charge in [0, 0.05) is 23.9 Å². The quantitative estimate of drug-likeness (QED) is 0.794. The average Bonchev–Trinajstić information content (AvgIpc) is 3.24. The van der Waals surface area contributed by atoms with Gasteiger partial charge in [0.1, 0.15) is 11.6 Å². The first-order valence-corrected chi connectivity index (χ1v) is 8.10. The van der Waals surface area contributed by atoms with Crippen LogP contribution in [0.3, 0.4) is 0 Å². The van der Waals surface area contributed by atoms with Crippen LogP contribution in [0.4, 0.5) is 5.69 Å². The molecule has 1 amide bonds. The highest BCUT2D eigenvalue weighted by molar-refractivity contribution is 5.96. The van der Waals surface area contributed by atoms with Crippen LogP contribution in [-0.4, -0.2) is 23.6 Å². The van der Waals surface area contributed by atoms with Gasteiger partial charge in [0.15, 0.2) is 5.58 Å². The molecule has 1 saturated heterocycles. The molecule has 0 spiro atoms. The van der Waals surface area contributed by atoms with E-state index < -0.39 is 0 Å². The van der Waals surface area contributed by atoms with Gasteiger partial charge in [0.05, 0.1) is 0 Å². The Morgan fingerprint density at radius 2 is 2.12 bits per heavy atom. The fourth-order valence-corrected chi connectivity index (χ4v) is 2.94. The van der Waals surface area contributed by atoms with Crippen molar-refractivity contribution >= 4 is 22.7 Å². The van der Waals surface area contributed by atoms with Crippen molar-refractivity contribution in [2.24, 2.45) is 0 Å². The number of ether oxygens (including phenoxy) is 1. The lowest BCUT2D eigenvalue weighted by molar-refractivity contribution is -0.124. The van der Waals surface area contributed by atoms with Crippen LogP contribution in [0.2, 0.25) is 0 Å². The van der Waals surface area contributed by atoms with Gasteiger partial charge in [-0.3, -0.25) is 4.79 Å². The third kappa shape index (κ3) is 2.78. The van der Waals surface area contributed by atoms with Gasteiger partial charge in [-0.05, 0) is 43.5 Å². The molecule has 0 saturated carbocycles. The number of hydrogen-bond acceptors (Lipinski definition) is 4. The second-order valence-corrected chi connectivity index (χ2v) is 6.01. The summed E-state index contributed by atoms with van der Waals surface area (Å²) in [6, 6.07) is 13.4. The molecule has 4 rings (SSSR count). The van der Waals surface area contributed by atoms with Crippen molar-refractivity contribution in [1.29, 1.82) is 0 Å². The van der Waals surface area contributed by atoms with E-state index in [9.17, 15) is 4.79 Å². The van der Waals surface area contributed by atoms with Crippen LogP contribution in [0.15, 0.2) is 46.9 Å². The number of rotatable bonds is 3. The fourth-order valence-electron chi connectivity index (χ4n) is 2.94. The van der Waals surface area contributed by atoms with Crippen molar-refractivity contribution in [1.82, 2.24) is 4.98 Å². The average molecular weight is 322 g/mol. The zero-order valence-corrected chi connectivity index (χ0v) is 13.4. The number of carbonyl (C=O) groups is 1. The second-order valence-electron chi connectivity index (χ2n) is 6.01. The smallest absolute Gasteiger partial charge is 0.253 e. The molecule has 0 aliphatic carbocycles. The molecule has 1 fully saturated rings. The Labute approximate surface area is 139 Å². The molecule has 5 heteroatoms. The monoisotopic (exact) mass is 322 g/mol. The maximum absolute atomic E-state index is 12.1. The molecule has 24 heavy (non-hydrogen) atoms. The van der Waals surface area contributed by atoms with E-state index in [1.54, 1.807) is 6.07 Å². The Hall–Kier alpha value is -2.66. The number of fused-ring (bicyclic) bond motifs is 1. The Kier molecular flexibility index (Phi) is 3.78. The van der Waals surface area contributed by atoms with Gasteiger partial charge >= 0.3 is 0 Å². The Balaban J connectivity index is 1.61. The van der Waals surface area contributed by atoms with Crippen LogP contribution in [0.1, 0.15) is 18.4 Å². The van der Waals surface area contributed by atoms with Gasteiger partial charge < -0.3 is 14.5 Å².